The lowest BCUT2D eigenvalue weighted by Crippen LogP contribution is -2.24. The minimum Gasteiger partial charge on any atom is -0.337 e. The van der Waals surface area contributed by atoms with Crippen LogP contribution < -0.4 is 0 Å². The van der Waals surface area contributed by atoms with E-state index in [1.807, 2.05) is 31.0 Å². The minimum absolute atomic E-state index is 0.485. The third kappa shape index (κ3) is 2.54. The summed E-state index contributed by atoms with van der Waals surface area (Å²) < 4.78 is 2.10. The molecule has 3 heterocycles. The molecule has 1 aliphatic rings. The molecule has 19 heavy (non-hydrogen) atoms. The van der Waals surface area contributed by atoms with Gasteiger partial charge in [0.05, 0.1) is 12.0 Å². The Kier molecular flexibility index (Phi) is 3.34. The number of imidazole rings is 1. The number of hydrogen-bond acceptors (Lipinski definition) is 3. The molecule has 0 aliphatic carbocycles. The monoisotopic (exact) mass is 256 g/mol. The average Bonchev–Trinajstić information content (AvgIpc) is 2.98. The summed E-state index contributed by atoms with van der Waals surface area (Å²) in [6, 6.07) is 4.70. The van der Waals surface area contributed by atoms with Crippen LogP contribution in [0.2, 0.25) is 0 Å². The number of hydrogen-bond donors (Lipinski definition) is 0. The second-order valence-corrected chi connectivity index (χ2v) is 5.57. The summed E-state index contributed by atoms with van der Waals surface area (Å²) >= 11 is 0. The van der Waals surface area contributed by atoms with Gasteiger partial charge in [-0.2, -0.15) is 0 Å². The zero-order valence-electron chi connectivity index (χ0n) is 11.5. The molecule has 2 aromatic rings. The van der Waals surface area contributed by atoms with E-state index in [9.17, 15) is 0 Å². The Labute approximate surface area is 114 Å². The van der Waals surface area contributed by atoms with E-state index in [-0.39, 0.29) is 0 Å². The predicted molar refractivity (Wildman–Crippen MR) is 74.4 cm³/mol. The van der Waals surface area contributed by atoms with Crippen molar-refractivity contribution in [2.24, 2.45) is 13.0 Å². The molecule has 0 N–H and O–H groups in total. The van der Waals surface area contributed by atoms with Crippen LogP contribution in [-0.4, -0.2) is 26.0 Å². The first-order valence-electron chi connectivity index (χ1n) is 6.83. The van der Waals surface area contributed by atoms with E-state index >= 15 is 0 Å². The first kappa shape index (κ1) is 12.4. The van der Waals surface area contributed by atoms with Gasteiger partial charge in [0.25, 0.3) is 0 Å². The third-order valence-corrected chi connectivity index (χ3v) is 3.96. The predicted octanol–water partition coefficient (Wildman–Crippen LogP) is 2.40. The Morgan fingerprint density at radius 3 is 2.89 bits per heavy atom. The van der Waals surface area contributed by atoms with E-state index < -0.39 is 0 Å². The van der Waals surface area contributed by atoms with Crippen molar-refractivity contribution in [3.63, 3.8) is 0 Å². The van der Waals surface area contributed by atoms with Crippen LogP contribution in [0.25, 0.3) is 0 Å². The van der Waals surface area contributed by atoms with Gasteiger partial charge in [0, 0.05) is 44.8 Å². The maximum atomic E-state index is 4.26. The van der Waals surface area contributed by atoms with Crippen molar-refractivity contribution in [2.75, 3.05) is 6.54 Å². The molecule has 0 bridgehead atoms. The van der Waals surface area contributed by atoms with Crippen molar-refractivity contribution in [3.8, 4) is 0 Å². The largest absolute Gasteiger partial charge is 0.337 e. The lowest BCUT2D eigenvalue weighted by molar-refractivity contribution is 0.240. The highest BCUT2D eigenvalue weighted by Crippen LogP contribution is 2.35. The Morgan fingerprint density at radius 1 is 1.32 bits per heavy atom. The molecule has 0 aromatic carbocycles. The molecule has 0 radical (unpaired) electrons. The summed E-state index contributed by atoms with van der Waals surface area (Å²) in [5, 5.41) is 0. The van der Waals surface area contributed by atoms with Crippen molar-refractivity contribution in [2.45, 2.75) is 25.9 Å². The highest BCUT2D eigenvalue weighted by atomic mass is 15.2. The molecular formula is C15H20N4. The second kappa shape index (κ2) is 5.13. The summed E-state index contributed by atoms with van der Waals surface area (Å²) in [4.78, 5) is 11.0. The van der Waals surface area contributed by atoms with Crippen LogP contribution in [0, 0.1) is 5.92 Å². The van der Waals surface area contributed by atoms with Crippen LogP contribution in [-0.2, 0) is 13.6 Å². The number of aromatic nitrogens is 3. The Hall–Kier alpha value is -1.68. The fourth-order valence-corrected chi connectivity index (χ4v) is 2.97. The Balaban J connectivity index is 1.81. The molecule has 3 rings (SSSR count). The van der Waals surface area contributed by atoms with Gasteiger partial charge in [0.15, 0.2) is 0 Å². The van der Waals surface area contributed by atoms with Crippen molar-refractivity contribution in [3.05, 3.63) is 48.3 Å². The molecule has 0 saturated carbocycles. The molecule has 2 atom stereocenters. The van der Waals surface area contributed by atoms with Crippen molar-refractivity contribution in [1.82, 2.24) is 19.4 Å². The standard InChI is InChI=1S/C15H20N4/c1-12-6-15(13-4-3-5-16-7-13)19(9-12)10-14-8-17-11-18(14)2/h3-5,7-8,11-12,15H,6,9-10H2,1-2H3/t12-,15+/m1/s1. The molecule has 2 aromatic heterocycles. The Morgan fingerprint density at radius 2 is 2.21 bits per heavy atom. The van der Waals surface area contributed by atoms with Gasteiger partial charge in [0.1, 0.15) is 0 Å². The van der Waals surface area contributed by atoms with Gasteiger partial charge in [-0.3, -0.25) is 9.88 Å². The molecule has 100 valence electrons. The first-order chi connectivity index (χ1) is 9.24. The van der Waals surface area contributed by atoms with E-state index in [1.165, 1.54) is 17.7 Å². The highest BCUT2D eigenvalue weighted by molar-refractivity contribution is 5.16. The number of aryl methyl sites for hydroxylation is 1. The molecule has 0 unspecified atom stereocenters. The minimum atomic E-state index is 0.485. The van der Waals surface area contributed by atoms with Gasteiger partial charge >= 0.3 is 0 Å². The smallest absolute Gasteiger partial charge is 0.0945 e. The van der Waals surface area contributed by atoms with Crippen LogP contribution in [0.15, 0.2) is 37.1 Å². The van der Waals surface area contributed by atoms with Crippen LogP contribution in [0.5, 0.6) is 0 Å². The fraction of sp³-hybridized carbons (Fsp3) is 0.467. The number of likely N-dealkylation sites (tertiary alicyclic amines) is 1. The Bertz CT molecular complexity index is 534. The molecule has 4 nitrogen and oxygen atoms in total. The summed E-state index contributed by atoms with van der Waals surface area (Å²) in [5.74, 6) is 0.735. The van der Waals surface area contributed by atoms with Gasteiger partial charge < -0.3 is 4.57 Å². The number of rotatable bonds is 3. The van der Waals surface area contributed by atoms with Gasteiger partial charge in [-0.25, -0.2) is 4.98 Å². The number of nitrogens with zero attached hydrogens (tertiary/aromatic N) is 4. The van der Waals surface area contributed by atoms with Crippen molar-refractivity contribution >= 4 is 0 Å². The van der Waals surface area contributed by atoms with Crippen molar-refractivity contribution < 1.29 is 0 Å². The first-order valence-corrected chi connectivity index (χ1v) is 6.83. The van der Waals surface area contributed by atoms with E-state index in [2.05, 4.69) is 39.5 Å². The maximum absolute atomic E-state index is 4.26. The zero-order chi connectivity index (χ0) is 13.2. The zero-order valence-corrected chi connectivity index (χ0v) is 11.5. The van der Waals surface area contributed by atoms with Gasteiger partial charge in [0.2, 0.25) is 0 Å². The van der Waals surface area contributed by atoms with Crippen LogP contribution in [0.3, 0.4) is 0 Å². The maximum Gasteiger partial charge on any atom is 0.0945 e. The molecular weight excluding hydrogens is 236 g/mol. The van der Waals surface area contributed by atoms with Crippen LogP contribution in [0.1, 0.15) is 30.6 Å². The summed E-state index contributed by atoms with van der Waals surface area (Å²) in [6.45, 7) is 4.43. The topological polar surface area (TPSA) is 34.0 Å². The molecule has 0 spiro atoms. The lowest BCUT2D eigenvalue weighted by atomic mass is 10.0. The van der Waals surface area contributed by atoms with Crippen LogP contribution in [0.4, 0.5) is 0 Å². The van der Waals surface area contributed by atoms with Gasteiger partial charge in [-0.1, -0.05) is 13.0 Å². The number of pyridine rings is 1. The van der Waals surface area contributed by atoms with Gasteiger partial charge in [-0.05, 0) is 24.0 Å². The van der Waals surface area contributed by atoms with Crippen molar-refractivity contribution in [1.29, 1.82) is 0 Å². The highest BCUT2D eigenvalue weighted by Gasteiger charge is 2.31. The normalized spacial score (nSPS) is 23.9. The molecule has 1 aliphatic heterocycles. The fourth-order valence-electron chi connectivity index (χ4n) is 2.97. The lowest BCUT2D eigenvalue weighted by Gasteiger charge is -2.24. The SMILES string of the molecule is C[C@@H]1C[C@@H](c2cccnc2)N(Cc2cncn2C)C1. The molecule has 4 heteroatoms. The summed E-state index contributed by atoms with van der Waals surface area (Å²) in [5.41, 5.74) is 2.59. The van der Waals surface area contributed by atoms with E-state index in [1.54, 1.807) is 0 Å². The average molecular weight is 256 g/mol. The quantitative estimate of drug-likeness (QED) is 0.845. The third-order valence-electron chi connectivity index (χ3n) is 3.96. The van der Waals surface area contributed by atoms with Gasteiger partial charge in [-0.15, -0.1) is 0 Å². The second-order valence-electron chi connectivity index (χ2n) is 5.57. The molecule has 1 fully saturated rings. The summed E-state index contributed by atoms with van der Waals surface area (Å²) in [6.07, 6.45) is 8.88. The molecule has 0 amide bonds. The molecule has 1 saturated heterocycles. The summed E-state index contributed by atoms with van der Waals surface area (Å²) in [7, 11) is 2.06. The van der Waals surface area contributed by atoms with Crippen LogP contribution >= 0.6 is 0 Å². The van der Waals surface area contributed by atoms with E-state index in [0.29, 0.717) is 6.04 Å². The van der Waals surface area contributed by atoms with E-state index in [0.717, 1.165) is 19.0 Å². The van der Waals surface area contributed by atoms with E-state index in [4.69, 9.17) is 0 Å².